The van der Waals surface area contributed by atoms with Gasteiger partial charge in [-0.15, -0.1) is 0 Å². The van der Waals surface area contributed by atoms with Crippen molar-refractivity contribution < 1.29 is 24.1 Å². The lowest BCUT2D eigenvalue weighted by molar-refractivity contribution is 0.0537. The molecule has 0 fully saturated rings. The summed E-state index contributed by atoms with van der Waals surface area (Å²) in [6, 6.07) is 13.6. The number of methoxy groups -OCH3 is 3. The average molecular weight is 389 g/mol. The molecule has 0 heterocycles. The van der Waals surface area contributed by atoms with E-state index in [9.17, 15) is 5.11 Å². The Morgan fingerprint density at radius 3 is 2.39 bits per heavy atom. The maximum absolute atomic E-state index is 10.5. The number of aliphatic hydroxyl groups is 1. The quantitative estimate of drug-likeness (QED) is 0.602. The molecule has 6 nitrogen and oxygen atoms in total. The van der Waals surface area contributed by atoms with Crippen molar-refractivity contribution >= 4 is 0 Å². The Kier molecular flexibility index (Phi) is 9.07. The molecule has 0 spiro atoms. The molecule has 0 saturated carbocycles. The fourth-order valence-electron chi connectivity index (χ4n) is 3.03. The number of para-hydroxylation sites is 2. The summed E-state index contributed by atoms with van der Waals surface area (Å²) >= 11 is 0. The third kappa shape index (κ3) is 6.41. The number of hydrogen-bond donors (Lipinski definition) is 1. The molecule has 2 rings (SSSR count). The third-order valence-corrected chi connectivity index (χ3v) is 4.48. The minimum Gasteiger partial charge on any atom is -0.493 e. The first-order valence-electron chi connectivity index (χ1n) is 9.36. The van der Waals surface area contributed by atoms with Gasteiger partial charge in [-0.1, -0.05) is 30.3 Å². The molecule has 0 bridgehead atoms. The SMILES string of the molecule is COCCN(Cc1cccc(OC)c1OC)CC(O)COc1ccccc1C. The summed E-state index contributed by atoms with van der Waals surface area (Å²) in [5, 5.41) is 10.5. The maximum atomic E-state index is 10.5. The van der Waals surface area contributed by atoms with Crippen molar-refractivity contribution in [2.75, 3.05) is 47.6 Å². The van der Waals surface area contributed by atoms with Crippen molar-refractivity contribution in [3.63, 3.8) is 0 Å². The molecule has 0 aliphatic rings. The van der Waals surface area contributed by atoms with Crippen LogP contribution in [0.15, 0.2) is 42.5 Å². The van der Waals surface area contributed by atoms with Gasteiger partial charge >= 0.3 is 0 Å². The Labute approximate surface area is 167 Å². The highest BCUT2D eigenvalue weighted by Crippen LogP contribution is 2.31. The van der Waals surface area contributed by atoms with Crippen LogP contribution in [0.1, 0.15) is 11.1 Å². The van der Waals surface area contributed by atoms with Gasteiger partial charge in [0.25, 0.3) is 0 Å². The second kappa shape index (κ2) is 11.5. The molecule has 28 heavy (non-hydrogen) atoms. The van der Waals surface area contributed by atoms with Gasteiger partial charge in [0.1, 0.15) is 18.5 Å². The zero-order chi connectivity index (χ0) is 20.4. The lowest BCUT2D eigenvalue weighted by atomic mass is 10.1. The zero-order valence-corrected chi connectivity index (χ0v) is 17.2. The molecule has 1 unspecified atom stereocenters. The first-order chi connectivity index (χ1) is 13.6. The molecule has 2 aromatic carbocycles. The van der Waals surface area contributed by atoms with Crippen molar-refractivity contribution in [1.29, 1.82) is 0 Å². The summed E-state index contributed by atoms with van der Waals surface area (Å²) in [7, 11) is 4.92. The lowest BCUT2D eigenvalue weighted by Gasteiger charge is -2.26. The molecule has 154 valence electrons. The molecule has 0 aliphatic heterocycles. The minimum absolute atomic E-state index is 0.226. The molecule has 0 aliphatic carbocycles. The Morgan fingerprint density at radius 1 is 0.964 bits per heavy atom. The van der Waals surface area contributed by atoms with Crippen molar-refractivity contribution in [2.24, 2.45) is 0 Å². The van der Waals surface area contributed by atoms with Gasteiger partial charge < -0.3 is 24.1 Å². The van der Waals surface area contributed by atoms with E-state index >= 15 is 0 Å². The Balaban J connectivity index is 2.02. The van der Waals surface area contributed by atoms with E-state index in [1.54, 1.807) is 21.3 Å². The van der Waals surface area contributed by atoms with Crippen LogP contribution in [0.25, 0.3) is 0 Å². The van der Waals surface area contributed by atoms with Crippen LogP contribution in [0.2, 0.25) is 0 Å². The molecule has 6 heteroatoms. The summed E-state index contributed by atoms with van der Waals surface area (Å²) in [5.41, 5.74) is 2.04. The Hall–Kier alpha value is -2.28. The topological polar surface area (TPSA) is 60.4 Å². The molecule has 1 atom stereocenters. The summed E-state index contributed by atoms with van der Waals surface area (Å²) in [6.07, 6.45) is -0.631. The molecule has 1 N–H and O–H groups in total. The molecule has 0 radical (unpaired) electrons. The van der Waals surface area contributed by atoms with Crippen LogP contribution < -0.4 is 14.2 Å². The molecular formula is C22H31NO5. The molecule has 0 aromatic heterocycles. The van der Waals surface area contributed by atoms with Gasteiger partial charge in [0.05, 0.1) is 20.8 Å². The van der Waals surface area contributed by atoms with E-state index in [0.717, 1.165) is 16.9 Å². The Bertz CT molecular complexity index is 722. The van der Waals surface area contributed by atoms with E-state index in [-0.39, 0.29) is 6.61 Å². The number of aliphatic hydroxyl groups excluding tert-OH is 1. The van der Waals surface area contributed by atoms with E-state index in [2.05, 4.69) is 4.90 Å². The summed E-state index contributed by atoms with van der Waals surface area (Å²) in [4.78, 5) is 2.12. The number of ether oxygens (including phenoxy) is 4. The number of aryl methyl sites for hydroxylation is 1. The second-order valence-electron chi connectivity index (χ2n) is 6.61. The van der Waals surface area contributed by atoms with Crippen LogP contribution >= 0.6 is 0 Å². The highest BCUT2D eigenvalue weighted by molar-refractivity contribution is 5.46. The van der Waals surface area contributed by atoms with Crippen LogP contribution in [-0.2, 0) is 11.3 Å². The smallest absolute Gasteiger partial charge is 0.165 e. The number of hydrogen-bond acceptors (Lipinski definition) is 6. The van der Waals surface area contributed by atoms with E-state index in [1.165, 1.54) is 0 Å². The highest BCUT2D eigenvalue weighted by atomic mass is 16.5. The number of benzene rings is 2. The van der Waals surface area contributed by atoms with Gasteiger partial charge in [0.15, 0.2) is 11.5 Å². The van der Waals surface area contributed by atoms with Crippen molar-refractivity contribution in [1.82, 2.24) is 4.90 Å². The van der Waals surface area contributed by atoms with Crippen LogP contribution in [-0.4, -0.2) is 63.7 Å². The first-order valence-corrected chi connectivity index (χ1v) is 9.36. The van der Waals surface area contributed by atoms with Crippen molar-refractivity contribution in [3.8, 4) is 17.2 Å². The first kappa shape index (κ1) is 22.0. The zero-order valence-electron chi connectivity index (χ0n) is 17.2. The normalized spacial score (nSPS) is 12.1. The number of rotatable bonds is 12. The second-order valence-corrected chi connectivity index (χ2v) is 6.61. The van der Waals surface area contributed by atoms with Crippen LogP contribution in [0.4, 0.5) is 0 Å². The minimum atomic E-state index is -0.631. The molecule has 0 saturated heterocycles. The molecular weight excluding hydrogens is 358 g/mol. The summed E-state index contributed by atoms with van der Waals surface area (Å²) < 4.78 is 21.9. The highest BCUT2D eigenvalue weighted by Gasteiger charge is 2.17. The number of nitrogens with zero attached hydrogens (tertiary/aromatic N) is 1. The van der Waals surface area contributed by atoms with Crippen molar-refractivity contribution in [2.45, 2.75) is 19.6 Å². The van der Waals surface area contributed by atoms with Gasteiger partial charge in [-0.3, -0.25) is 4.90 Å². The average Bonchev–Trinajstić information content (AvgIpc) is 2.71. The monoisotopic (exact) mass is 389 g/mol. The van der Waals surface area contributed by atoms with Crippen LogP contribution in [0.5, 0.6) is 17.2 Å². The van der Waals surface area contributed by atoms with Crippen molar-refractivity contribution in [3.05, 3.63) is 53.6 Å². The van der Waals surface area contributed by atoms with Crippen LogP contribution in [0, 0.1) is 6.92 Å². The standard InChI is InChI=1S/C22H31NO5/c1-17-8-5-6-10-20(17)28-16-19(24)15-23(12-13-25-2)14-18-9-7-11-21(26-3)22(18)27-4/h5-11,19,24H,12-16H2,1-4H3. The Morgan fingerprint density at radius 2 is 1.71 bits per heavy atom. The fourth-order valence-corrected chi connectivity index (χ4v) is 3.03. The summed E-state index contributed by atoms with van der Waals surface area (Å²) in [5.74, 6) is 2.19. The third-order valence-electron chi connectivity index (χ3n) is 4.48. The maximum Gasteiger partial charge on any atom is 0.165 e. The van der Waals surface area contributed by atoms with Gasteiger partial charge in [-0.05, 0) is 24.6 Å². The predicted octanol–water partition coefficient (Wildman–Crippen LogP) is 2.90. The van der Waals surface area contributed by atoms with Gasteiger partial charge in [0.2, 0.25) is 0 Å². The van der Waals surface area contributed by atoms with Crippen LogP contribution in [0.3, 0.4) is 0 Å². The van der Waals surface area contributed by atoms with E-state index < -0.39 is 6.10 Å². The van der Waals surface area contributed by atoms with E-state index in [4.69, 9.17) is 18.9 Å². The van der Waals surface area contributed by atoms with E-state index in [1.807, 2.05) is 49.4 Å². The largest absolute Gasteiger partial charge is 0.493 e. The lowest BCUT2D eigenvalue weighted by Crippen LogP contribution is -2.37. The van der Waals surface area contributed by atoms with Gasteiger partial charge in [0, 0.05) is 32.3 Å². The summed E-state index contributed by atoms with van der Waals surface area (Å²) in [6.45, 7) is 4.52. The van der Waals surface area contributed by atoms with Gasteiger partial charge in [-0.25, -0.2) is 0 Å². The predicted molar refractivity (Wildman–Crippen MR) is 109 cm³/mol. The fraction of sp³-hybridized carbons (Fsp3) is 0.455. The molecule has 2 aromatic rings. The van der Waals surface area contributed by atoms with E-state index in [0.29, 0.717) is 37.7 Å². The van der Waals surface area contributed by atoms with Gasteiger partial charge in [-0.2, -0.15) is 0 Å². The molecule has 0 amide bonds.